The number of carbonyl (C=O) groups excluding carboxylic acids is 1. The van der Waals surface area contributed by atoms with Crippen LogP contribution in [0.1, 0.15) is 21.5 Å². The number of ether oxygens (including phenoxy) is 4. The summed E-state index contributed by atoms with van der Waals surface area (Å²) in [6.45, 7) is 0.408. The van der Waals surface area contributed by atoms with E-state index in [1.807, 2.05) is 30.3 Å². The normalized spacial score (nSPS) is 10.8. The quantitative estimate of drug-likeness (QED) is 0.268. The van der Waals surface area contributed by atoms with Gasteiger partial charge in [-0.1, -0.05) is 42.5 Å². The highest BCUT2D eigenvalue weighted by atomic mass is 16.5. The van der Waals surface area contributed by atoms with Gasteiger partial charge in [-0.3, -0.25) is 4.79 Å². The fourth-order valence-electron chi connectivity index (χ4n) is 3.67. The van der Waals surface area contributed by atoms with Gasteiger partial charge < -0.3 is 18.9 Å². The van der Waals surface area contributed by atoms with Gasteiger partial charge in [0.1, 0.15) is 18.1 Å². The molecule has 1 amide bonds. The van der Waals surface area contributed by atoms with Crippen LogP contribution in [-0.4, -0.2) is 33.5 Å². The highest BCUT2D eigenvalue weighted by Gasteiger charge is 2.13. The number of methoxy groups -OCH3 is 3. The first-order chi connectivity index (χ1) is 17.1. The zero-order chi connectivity index (χ0) is 24.6. The summed E-state index contributed by atoms with van der Waals surface area (Å²) < 4.78 is 22.0. The SMILES string of the molecule is COc1ccc(C(=O)NN=Cc2ccc(OCc3cccc4ccccc34)c(OC)c2)c(OC)c1. The van der Waals surface area contributed by atoms with Crippen molar-refractivity contribution in [2.24, 2.45) is 5.10 Å². The highest BCUT2D eigenvalue weighted by molar-refractivity contribution is 5.97. The van der Waals surface area contributed by atoms with Crippen molar-refractivity contribution in [3.05, 3.63) is 95.6 Å². The van der Waals surface area contributed by atoms with E-state index in [0.29, 0.717) is 35.2 Å². The van der Waals surface area contributed by atoms with Gasteiger partial charge in [-0.05, 0) is 52.2 Å². The summed E-state index contributed by atoms with van der Waals surface area (Å²) in [5, 5.41) is 6.38. The molecular formula is C28H26N2O5. The summed E-state index contributed by atoms with van der Waals surface area (Å²) in [5.74, 6) is 1.77. The molecule has 4 rings (SSSR count). The number of hydrogen-bond acceptors (Lipinski definition) is 6. The lowest BCUT2D eigenvalue weighted by molar-refractivity contribution is 0.0952. The summed E-state index contributed by atoms with van der Waals surface area (Å²) >= 11 is 0. The van der Waals surface area contributed by atoms with Gasteiger partial charge in [0, 0.05) is 6.07 Å². The summed E-state index contributed by atoms with van der Waals surface area (Å²) in [5.41, 5.74) is 4.69. The van der Waals surface area contributed by atoms with Crippen molar-refractivity contribution in [2.75, 3.05) is 21.3 Å². The van der Waals surface area contributed by atoms with Gasteiger partial charge in [-0.25, -0.2) is 5.43 Å². The molecule has 0 aliphatic carbocycles. The summed E-state index contributed by atoms with van der Waals surface area (Å²) in [4.78, 5) is 12.5. The molecule has 1 N–H and O–H groups in total. The molecule has 4 aromatic rings. The lowest BCUT2D eigenvalue weighted by atomic mass is 10.1. The van der Waals surface area contributed by atoms with Crippen LogP contribution in [-0.2, 0) is 6.61 Å². The van der Waals surface area contributed by atoms with E-state index in [1.54, 1.807) is 38.5 Å². The Hall–Kier alpha value is -4.52. The Morgan fingerprint density at radius 3 is 2.43 bits per heavy atom. The molecule has 178 valence electrons. The van der Waals surface area contributed by atoms with Crippen molar-refractivity contribution in [1.29, 1.82) is 0 Å². The molecule has 0 aliphatic rings. The number of nitrogens with zero attached hydrogens (tertiary/aromatic N) is 1. The predicted molar refractivity (Wildman–Crippen MR) is 136 cm³/mol. The van der Waals surface area contributed by atoms with Crippen LogP contribution in [0.4, 0.5) is 0 Å². The van der Waals surface area contributed by atoms with Crippen LogP contribution in [0.15, 0.2) is 84.0 Å². The molecule has 0 bridgehead atoms. The Balaban J connectivity index is 1.43. The van der Waals surface area contributed by atoms with E-state index >= 15 is 0 Å². The van der Waals surface area contributed by atoms with Crippen molar-refractivity contribution < 1.29 is 23.7 Å². The molecule has 0 saturated heterocycles. The zero-order valence-electron chi connectivity index (χ0n) is 19.8. The number of rotatable bonds is 9. The second-order valence-electron chi connectivity index (χ2n) is 7.60. The second-order valence-corrected chi connectivity index (χ2v) is 7.60. The van der Waals surface area contributed by atoms with Crippen molar-refractivity contribution in [3.63, 3.8) is 0 Å². The fourth-order valence-corrected chi connectivity index (χ4v) is 3.67. The second kappa shape index (κ2) is 11.1. The van der Waals surface area contributed by atoms with E-state index in [1.165, 1.54) is 18.7 Å². The Morgan fingerprint density at radius 2 is 1.63 bits per heavy atom. The lowest BCUT2D eigenvalue weighted by Gasteiger charge is -2.13. The molecule has 4 aromatic carbocycles. The maximum absolute atomic E-state index is 12.5. The molecule has 0 aromatic heterocycles. The topological polar surface area (TPSA) is 78.4 Å². The monoisotopic (exact) mass is 470 g/mol. The molecular weight excluding hydrogens is 444 g/mol. The Morgan fingerprint density at radius 1 is 0.829 bits per heavy atom. The smallest absolute Gasteiger partial charge is 0.275 e. The van der Waals surface area contributed by atoms with Crippen LogP contribution in [0.2, 0.25) is 0 Å². The molecule has 0 spiro atoms. The molecule has 0 heterocycles. The minimum atomic E-state index is -0.400. The van der Waals surface area contributed by atoms with Crippen LogP contribution in [0.25, 0.3) is 10.8 Å². The van der Waals surface area contributed by atoms with Crippen LogP contribution < -0.4 is 24.4 Å². The average molecular weight is 471 g/mol. The molecule has 0 aliphatic heterocycles. The van der Waals surface area contributed by atoms with Gasteiger partial charge in [-0.2, -0.15) is 5.10 Å². The van der Waals surface area contributed by atoms with E-state index in [0.717, 1.165) is 16.5 Å². The van der Waals surface area contributed by atoms with Crippen LogP contribution in [0.3, 0.4) is 0 Å². The molecule has 0 fully saturated rings. The van der Waals surface area contributed by atoms with Gasteiger partial charge in [0.2, 0.25) is 0 Å². The van der Waals surface area contributed by atoms with E-state index in [2.05, 4.69) is 34.8 Å². The number of fused-ring (bicyclic) bond motifs is 1. The molecule has 0 saturated carbocycles. The molecule has 7 heteroatoms. The maximum atomic E-state index is 12.5. The first-order valence-electron chi connectivity index (χ1n) is 11.0. The third-order valence-electron chi connectivity index (χ3n) is 5.48. The van der Waals surface area contributed by atoms with E-state index < -0.39 is 5.91 Å². The van der Waals surface area contributed by atoms with Gasteiger partial charge >= 0.3 is 0 Å². The van der Waals surface area contributed by atoms with Crippen LogP contribution >= 0.6 is 0 Å². The third kappa shape index (κ3) is 5.52. The lowest BCUT2D eigenvalue weighted by Crippen LogP contribution is -2.18. The summed E-state index contributed by atoms with van der Waals surface area (Å²) in [6.07, 6.45) is 1.53. The minimum Gasteiger partial charge on any atom is -0.497 e. The zero-order valence-corrected chi connectivity index (χ0v) is 19.8. The standard InChI is InChI=1S/C28H26N2O5/c1-32-22-12-13-24(26(16-22)33-2)28(31)30-29-17-19-11-14-25(27(15-19)34-3)35-18-21-9-6-8-20-7-4-5-10-23(20)21/h4-17H,18H2,1-3H3,(H,30,31). The third-order valence-corrected chi connectivity index (χ3v) is 5.48. The van der Waals surface area contributed by atoms with E-state index in [4.69, 9.17) is 18.9 Å². The fraction of sp³-hybridized carbons (Fsp3) is 0.143. The van der Waals surface area contributed by atoms with E-state index in [9.17, 15) is 4.79 Å². The van der Waals surface area contributed by atoms with Crippen molar-refractivity contribution in [3.8, 4) is 23.0 Å². The molecule has 0 atom stereocenters. The summed E-state index contributed by atoms with van der Waals surface area (Å²) in [7, 11) is 4.62. The largest absolute Gasteiger partial charge is 0.497 e. The van der Waals surface area contributed by atoms with Gasteiger partial charge in [0.25, 0.3) is 5.91 Å². The van der Waals surface area contributed by atoms with Gasteiger partial charge in [-0.15, -0.1) is 0 Å². The average Bonchev–Trinajstić information content (AvgIpc) is 2.91. The number of nitrogens with one attached hydrogen (secondary N) is 1. The number of amides is 1. The van der Waals surface area contributed by atoms with Crippen molar-refractivity contribution in [1.82, 2.24) is 5.43 Å². The van der Waals surface area contributed by atoms with Gasteiger partial charge in [0.05, 0.1) is 33.1 Å². The van der Waals surface area contributed by atoms with Crippen molar-refractivity contribution in [2.45, 2.75) is 6.61 Å². The number of carbonyl (C=O) groups is 1. The molecule has 7 nitrogen and oxygen atoms in total. The van der Waals surface area contributed by atoms with Crippen LogP contribution in [0, 0.1) is 0 Å². The van der Waals surface area contributed by atoms with Crippen LogP contribution in [0.5, 0.6) is 23.0 Å². The van der Waals surface area contributed by atoms with Crippen molar-refractivity contribution >= 4 is 22.9 Å². The number of benzene rings is 4. The predicted octanol–water partition coefficient (Wildman–Crippen LogP) is 5.21. The maximum Gasteiger partial charge on any atom is 0.275 e. The molecule has 0 unspecified atom stereocenters. The van der Waals surface area contributed by atoms with Gasteiger partial charge in [0.15, 0.2) is 11.5 Å². The molecule has 35 heavy (non-hydrogen) atoms. The molecule has 0 radical (unpaired) electrons. The Kier molecular flexibility index (Phi) is 7.47. The Bertz CT molecular complexity index is 1360. The Labute approximate surface area is 203 Å². The summed E-state index contributed by atoms with van der Waals surface area (Å²) in [6, 6.07) is 24.7. The number of hydrogen-bond donors (Lipinski definition) is 1. The number of hydrazone groups is 1. The first kappa shape index (κ1) is 23.6. The first-order valence-corrected chi connectivity index (χ1v) is 11.0. The highest BCUT2D eigenvalue weighted by Crippen LogP contribution is 2.29. The van der Waals surface area contributed by atoms with E-state index in [-0.39, 0.29) is 0 Å². The minimum absolute atomic E-state index is 0.347.